The number of hydrogen-bond donors (Lipinski definition) is 1. The molecule has 1 aliphatic heterocycles. The number of pyridine rings is 1. The summed E-state index contributed by atoms with van der Waals surface area (Å²) in [7, 11) is 1.56. The van der Waals surface area contributed by atoms with Crippen LogP contribution in [-0.4, -0.2) is 46.9 Å². The molecule has 1 unspecified atom stereocenters. The summed E-state index contributed by atoms with van der Waals surface area (Å²) >= 11 is 0. The van der Waals surface area contributed by atoms with E-state index in [9.17, 15) is 18.9 Å². The predicted octanol–water partition coefficient (Wildman–Crippen LogP) is 3.40. The van der Waals surface area contributed by atoms with E-state index in [1.807, 2.05) is 19.9 Å². The maximum absolute atomic E-state index is 14.1. The first-order valence-corrected chi connectivity index (χ1v) is 8.12. The van der Waals surface area contributed by atoms with E-state index in [-0.39, 0.29) is 23.2 Å². The van der Waals surface area contributed by atoms with Crippen molar-refractivity contribution in [2.75, 3.05) is 25.5 Å². The Morgan fingerprint density at radius 1 is 1.46 bits per heavy atom. The van der Waals surface area contributed by atoms with E-state index < -0.39 is 29.1 Å². The van der Waals surface area contributed by atoms with Crippen LogP contribution in [0.5, 0.6) is 0 Å². The van der Waals surface area contributed by atoms with Gasteiger partial charge in [0.25, 0.3) is 5.92 Å². The molecule has 0 bridgehead atoms. The molecule has 26 heavy (non-hydrogen) atoms. The van der Waals surface area contributed by atoms with Crippen LogP contribution in [0.2, 0.25) is 0 Å². The van der Waals surface area contributed by atoms with Gasteiger partial charge in [-0.3, -0.25) is 15.0 Å². The van der Waals surface area contributed by atoms with Crippen LogP contribution in [0, 0.1) is 21.4 Å². The van der Waals surface area contributed by atoms with Crippen LogP contribution >= 0.6 is 0 Å². The molecule has 7 nitrogen and oxygen atoms in total. The summed E-state index contributed by atoms with van der Waals surface area (Å²) in [6, 6.07) is 5.12. The van der Waals surface area contributed by atoms with Gasteiger partial charge in [0.05, 0.1) is 28.6 Å². The van der Waals surface area contributed by atoms with E-state index in [0.717, 1.165) is 6.20 Å². The Morgan fingerprint density at radius 3 is 2.69 bits per heavy atom. The van der Waals surface area contributed by atoms with Gasteiger partial charge in [-0.25, -0.2) is 13.8 Å². The molecule has 2 heterocycles. The number of aromatic nitrogens is 1. The minimum atomic E-state index is -3.02. The summed E-state index contributed by atoms with van der Waals surface area (Å²) in [6.45, 7) is 3.62. The highest BCUT2D eigenvalue weighted by molar-refractivity contribution is 5.96. The van der Waals surface area contributed by atoms with Gasteiger partial charge >= 0.3 is 5.69 Å². The van der Waals surface area contributed by atoms with Gasteiger partial charge < -0.3 is 5.32 Å². The lowest BCUT2D eigenvalue weighted by atomic mass is 10.1. The van der Waals surface area contributed by atoms with Gasteiger partial charge in [-0.05, 0) is 25.2 Å². The summed E-state index contributed by atoms with van der Waals surface area (Å²) in [5.41, 5.74) is 0.213. The van der Waals surface area contributed by atoms with Crippen molar-refractivity contribution < 1.29 is 13.7 Å². The number of halogens is 2. The third kappa shape index (κ3) is 3.70. The van der Waals surface area contributed by atoms with Gasteiger partial charge in [-0.2, -0.15) is 5.26 Å². The maximum Gasteiger partial charge on any atom is 0.311 e. The number of hydrogen-bond acceptors (Lipinski definition) is 6. The van der Waals surface area contributed by atoms with Gasteiger partial charge in [-0.15, -0.1) is 0 Å². The highest BCUT2D eigenvalue weighted by Gasteiger charge is 2.47. The number of likely N-dealkylation sites (tertiary alicyclic amines) is 1. The molecular weight excluding hydrogens is 344 g/mol. The van der Waals surface area contributed by atoms with Crippen molar-refractivity contribution in [3.8, 4) is 6.07 Å². The fourth-order valence-electron chi connectivity index (χ4n) is 2.85. The van der Waals surface area contributed by atoms with Crippen molar-refractivity contribution in [1.29, 1.82) is 5.26 Å². The lowest BCUT2D eigenvalue weighted by Crippen LogP contribution is -2.38. The summed E-state index contributed by atoms with van der Waals surface area (Å²) in [6.07, 6.45) is 1.04. The Bertz CT molecular complexity index is 866. The molecule has 9 heteroatoms. The number of nitro groups is 1. The third-order valence-corrected chi connectivity index (χ3v) is 3.98. The molecule has 1 atom stereocenters. The second kappa shape index (κ2) is 7.58. The van der Waals surface area contributed by atoms with Crippen LogP contribution in [-0.2, 0) is 0 Å². The SMILES string of the molecule is CC.CN1CC(Nc2c([N+](=O)[O-])cnc3ccc(C#N)cc23)C(F)(F)C1. The van der Waals surface area contributed by atoms with E-state index in [2.05, 4.69) is 10.3 Å². The smallest absolute Gasteiger partial charge is 0.311 e. The number of likely N-dealkylation sites (N-methyl/N-ethyl adjacent to an activating group) is 1. The highest BCUT2D eigenvalue weighted by atomic mass is 19.3. The third-order valence-electron chi connectivity index (χ3n) is 3.98. The molecule has 138 valence electrons. The average Bonchev–Trinajstić information content (AvgIpc) is 2.87. The Morgan fingerprint density at radius 2 is 2.15 bits per heavy atom. The average molecular weight is 363 g/mol. The van der Waals surface area contributed by atoms with Crippen LogP contribution in [0.15, 0.2) is 24.4 Å². The van der Waals surface area contributed by atoms with E-state index in [1.54, 1.807) is 7.05 Å². The van der Waals surface area contributed by atoms with Crippen molar-refractivity contribution in [3.63, 3.8) is 0 Å². The van der Waals surface area contributed by atoms with Crippen molar-refractivity contribution in [2.24, 2.45) is 0 Å². The number of rotatable bonds is 3. The molecule has 1 aromatic heterocycles. The summed E-state index contributed by atoms with van der Waals surface area (Å²) < 4.78 is 28.2. The zero-order chi connectivity index (χ0) is 19.5. The molecule has 1 aromatic carbocycles. The fraction of sp³-hybridized carbons (Fsp3) is 0.412. The molecule has 1 saturated heterocycles. The number of benzene rings is 1. The van der Waals surface area contributed by atoms with Crippen molar-refractivity contribution in [1.82, 2.24) is 9.88 Å². The second-order valence-corrected chi connectivity index (χ2v) is 5.77. The quantitative estimate of drug-likeness (QED) is 0.663. The summed E-state index contributed by atoms with van der Waals surface area (Å²) in [5, 5.41) is 23.2. The largest absolute Gasteiger partial charge is 0.369 e. The molecule has 1 N–H and O–H groups in total. The Hall–Kier alpha value is -2.86. The molecular formula is C17H19F2N5O2. The van der Waals surface area contributed by atoms with E-state index in [0.29, 0.717) is 5.52 Å². The molecule has 1 aliphatic rings. The number of anilines is 1. The normalized spacial score (nSPS) is 18.7. The molecule has 0 aliphatic carbocycles. The van der Waals surface area contributed by atoms with Gasteiger partial charge in [0, 0.05) is 11.9 Å². The number of nitrogens with one attached hydrogen (secondary N) is 1. The van der Waals surface area contributed by atoms with Crippen LogP contribution in [0.1, 0.15) is 19.4 Å². The summed E-state index contributed by atoms with van der Waals surface area (Å²) in [5.74, 6) is -3.02. The molecule has 0 spiro atoms. The zero-order valence-corrected chi connectivity index (χ0v) is 14.7. The van der Waals surface area contributed by atoms with Crippen LogP contribution in [0.25, 0.3) is 10.9 Å². The van der Waals surface area contributed by atoms with E-state index in [1.165, 1.54) is 23.1 Å². The Kier molecular flexibility index (Phi) is 5.67. The minimum Gasteiger partial charge on any atom is -0.369 e. The maximum atomic E-state index is 14.1. The highest BCUT2D eigenvalue weighted by Crippen LogP contribution is 2.36. The number of alkyl halides is 2. The second-order valence-electron chi connectivity index (χ2n) is 5.77. The Labute approximate surface area is 149 Å². The molecule has 1 fully saturated rings. The first-order valence-electron chi connectivity index (χ1n) is 8.12. The predicted molar refractivity (Wildman–Crippen MR) is 94.3 cm³/mol. The van der Waals surface area contributed by atoms with Gasteiger partial charge in [0.2, 0.25) is 0 Å². The van der Waals surface area contributed by atoms with Crippen LogP contribution in [0.3, 0.4) is 0 Å². The first kappa shape index (κ1) is 19.5. The van der Waals surface area contributed by atoms with Crippen LogP contribution < -0.4 is 5.32 Å². The van der Waals surface area contributed by atoms with Gasteiger partial charge in [0.1, 0.15) is 17.9 Å². The van der Waals surface area contributed by atoms with Crippen LogP contribution in [0.4, 0.5) is 20.2 Å². The van der Waals surface area contributed by atoms with Gasteiger partial charge in [0.15, 0.2) is 0 Å². The minimum absolute atomic E-state index is 0.0397. The van der Waals surface area contributed by atoms with Crippen molar-refractivity contribution in [2.45, 2.75) is 25.8 Å². The zero-order valence-electron chi connectivity index (χ0n) is 14.7. The number of nitriles is 1. The van der Waals surface area contributed by atoms with Crippen molar-refractivity contribution >= 4 is 22.3 Å². The lowest BCUT2D eigenvalue weighted by Gasteiger charge is -2.21. The lowest BCUT2D eigenvalue weighted by molar-refractivity contribution is -0.384. The topological polar surface area (TPSA) is 95.1 Å². The summed E-state index contributed by atoms with van der Waals surface area (Å²) in [4.78, 5) is 16.0. The monoisotopic (exact) mass is 363 g/mol. The number of nitrogens with zero attached hydrogens (tertiary/aromatic N) is 4. The van der Waals surface area contributed by atoms with E-state index >= 15 is 0 Å². The molecule has 0 amide bonds. The molecule has 0 saturated carbocycles. The standard InChI is InChI=1S/C15H13F2N5O2.C2H6/c1-21-7-13(15(16,17)8-21)20-14-10-4-9(5-18)2-3-11(10)19-6-12(14)22(23)24;1-2/h2-4,6,13H,7-8H2,1H3,(H,19,20);1-2H3. The van der Waals surface area contributed by atoms with Gasteiger partial charge in [-0.1, -0.05) is 13.8 Å². The number of fused-ring (bicyclic) bond motifs is 1. The molecule has 2 aromatic rings. The molecule has 3 rings (SSSR count). The Balaban J connectivity index is 0.00000117. The molecule has 0 radical (unpaired) electrons. The van der Waals surface area contributed by atoms with E-state index in [4.69, 9.17) is 5.26 Å². The first-order chi connectivity index (χ1) is 12.3. The fourth-order valence-corrected chi connectivity index (χ4v) is 2.85. The van der Waals surface area contributed by atoms with Crippen molar-refractivity contribution in [3.05, 3.63) is 40.1 Å².